The van der Waals surface area contributed by atoms with Crippen LogP contribution in [-0.2, 0) is 17.8 Å². The normalized spacial score (nSPS) is 12.9. The Morgan fingerprint density at radius 1 is 1.07 bits per heavy atom. The number of rotatable bonds is 6. The zero-order valence-electron chi connectivity index (χ0n) is 18.7. The van der Waals surface area contributed by atoms with Gasteiger partial charge in [0.1, 0.15) is 5.78 Å². The molecule has 0 saturated carbocycles. The molecule has 3 rings (SSSR count). The summed E-state index contributed by atoms with van der Waals surface area (Å²) < 4.78 is 1.53. The lowest BCUT2D eigenvalue weighted by molar-refractivity contribution is -0.119. The van der Waals surface area contributed by atoms with Crippen molar-refractivity contribution in [1.29, 1.82) is 0 Å². The smallest absolute Gasteiger partial charge is 0.258 e. The highest BCUT2D eigenvalue weighted by molar-refractivity contribution is 5.94. The Balaban J connectivity index is 1.97. The van der Waals surface area contributed by atoms with Crippen molar-refractivity contribution in [3.8, 4) is 0 Å². The summed E-state index contributed by atoms with van der Waals surface area (Å²) in [6.07, 6.45) is 2.09. The summed E-state index contributed by atoms with van der Waals surface area (Å²) in [6.45, 7) is 11.7. The van der Waals surface area contributed by atoms with Gasteiger partial charge in [-0.2, -0.15) is 0 Å². The van der Waals surface area contributed by atoms with E-state index in [1.54, 1.807) is 26.1 Å². The Morgan fingerprint density at radius 2 is 1.70 bits per heavy atom. The summed E-state index contributed by atoms with van der Waals surface area (Å²) in [6, 6.07) is 11.7. The minimum atomic E-state index is -0.984. The predicted octanol–water partition coefficient (Wildman–Crippen LogP) is 4.61. The summed E-state index contributed by atoms with van der Waals surface area (Å²) in [4.78, 5) is 26.1. The van der Waals surface area contributed by atoms with Crippen molar-refractivity contribution >= 4 is 16.6 Å². The van der Waals surface area contributed by atoms with E-state index in [0.29, 0.717) is 11.8 Å². The molecule has 158 valence electrons. The number of ketones is 1. The van der Waals surface area contributed by atoms with Gasteiger partial charge in [-0.25, -0.2) is 0 Å². The van der Waals surface area contributed by atoms with E-state index in [0.717, 1.165) is 27.6 Å². The number of benzene rings is 2. The van der Waals surface area contributed by atoms with Gasteiger partial charge in [-0.1, -0.05) is 36.8 Å². The van der Waals surface area contributed by atoms with E-state index < -0.39 is 5.60 Å². The Hall–Kier alpha value is -2.72. The zero-order chi connectivity index (χ0) is 22.2. The monoisotopic (exact) mass is 405 g/mol. The van der Waals surface area contributed by atoms with Crippen molar-refractivity contribution in [2.75, 3.05) is 0 Å². The molecule has 0 radical (unpaired) electrons. The highest BCUT2D eigenvalue weighted by Gasteiger charge is 2.21. The number of hydrogen-bond acceptors (Lipinski definition) is 3. The van der Waals surface area contributed by atoms with Crippen LogP contribution in [0.2, 0.25) is 0 Å². The minimum absolute atomic E-state index is 0.137. The maximum atomic E-state index is 13.2. The molecule has 2 aromatic carbocycles. The van der Waals surface area contributed by atoms with Crippen molar-refractivity contribution < 1.29 is 9.90 Å². The molecule has 0 aliphatic rings. The van der Waals surface area contributed by atoms with E-state index in [1.165, 1.54) is 10.1 Å². The molecule has 0 fully saturated rings. The summed E-state index contributed by atoms with van der Waals surface area (Å²) in [5.41, 5.74) is 4.30. The molecule has 0 spiro atoms. The summed E-state index contributed by atoms with van der Waals surface area (Å²) >= 11 is 0. The third kappa shape index (κ3) is 4.54. The summed E-state index contributed by atoms with van der Waals surface area (Å²) in [7, 11) is 0. The number of aliphatic hydroxyl groups is 1. The molecule has 0 aliphatic carbocycles. The van der Waals surface area contributed by atoms with Crippen molar-refractivity contribution in [3.63, 3.8) is 0 Å². The average molecular weight is 406 g/mol. The first kappa shape index (κ1) is 22.0. The topological polar surface area (TPSA) is 59.3 Å². The van der Waals surface area contributed by atoms with Crippen LogP contribution in [0.4, 0.5) is 0 Å². The number of carbonyl (C=O) groups excluding carboxylic acids is 1. The van der Waals surface area contributed by atoms with Gasteiger partial charge in [0.05, 0.1) is 12.1 Å². The first-order chi connectivity index (χ1) is 14.0. The van der Waals surface area contributed by atoms with Gasteiger partial charge < -0.3 is 9.67 Å². The number of nitrogens with zero attached hydrogens (tertiary/aromatic N) is 1. The second-order valence-corrected chi connectivity index (χ2v) is 9.11. The first-order valence-corrected chi connectivity index (χ1v) is 10.4. The second kappa shape index (κ2) is 8.19. The molecule has 0 unspecified atom stereocenters. The Morgan fingerprint density at radius 3 is 2.30 bits per heavy atom. The first-order valence-electron chi connectivity index (χ1n) is 10.4. The molecule has 1 heterocycles. The van der Waals surface area contributed by atoms with Crippen LogP contribution in [0, 0.1) is 20.8 Å². The van der Waals surface area contributed by atoms with Crippen molar-refractivity contribution in [2.24, 2.45) is 0 Å². The summed E-state index contributed by atoms with van der Waals surface area (Å²) in [5.74, 6) is -0.184. The lowest BCUT2D eigenvalue weighted by Crippen LogP contribution is -2.32. The number of fused-ring (bicyclic) bond motifs is 1. The molecule has 0 amide bonds. The van der Waals surface area contributed by atoms with Crippen LogP contribution in [0.15, 0.2) is 47.4 Å². The van der Waals surface area contributed by atoms with E-state index in [2.05, 4.69) is 32.9 Å². The van der Waals surface area contributed by atoms with E-state index in [-0.39, 0.29) is 23.8 Å². The maximum absolute atomic E-state index is 13.2. The number of Topliss-reactive ketones (excluding diaryl/α,β-unsaturated/α-hetero) is 1. The van der Waals surface area contributed by atoms with Crippen LogP contribution in [0.5, 0.6) is 0 Å². The lowest BCUT2D eigenvalue weighted by atomic mass is 9.87. The van der Waals surface area contributed by atoms with E-state index >= 15 is 0 Å². The SMILES string of the molecule is Cc1cc(C)c(CC(=O)[C@H](C)c2cccc3c(=O)n(CC(C)(C)O)ccc23)c(C)c1. The second-order valence-electron chi connectivity index (χ2n) is 9.11. The fourth-order valence-corrected chi connectivity index (χ4v) is 4.25. The fraction of sp³-hybridized carbons (Fsp3) is 0.385. The Kier molecular flexibility index (Phi) is 6.00. The third-order valence-electron chi connectivity index (χ3n) is 5.75. The minimum Gasteiger partial charge on any atom is -0.389 e. The molecule has 1 N–H and O–H groups in total. The third-order valence-corrected chi connectivity index (χ3v) is 5.75. The largest absolute Gasteiger partial charge is 0.389 e. The standard InChI is InChI=1S/C26H31NO3/c1-16-12-17(2)23(18(3)13-16)14-24(28)19(4)20-8-7-9-22-21(20)10-11-27(25(22)29)15-26(5,6)30/h7-13,19,30H,14-15H2,1-6H3/t19-/m1/s1. The van der Waals surface area contributed by atoms with Gasteiger partial charge in [-0.15, -0.1) is 0 Å². The molecular formula is C26H31NO3. The average Bonchev–Trinajstić information content (AvgIpc) is 2.64. The number of hydrogen-bond donors (Lipinski definition) is 1. The van der Waals surface area contributed by atoms with Gasteiger partial charge in [-0.05, 0) is 74.4 Å². The zero-order valence-corrected chi connectivity index (χ0v) is 18.7. The van der Waals surface area contributed by atoms with Crippen LogP contribution in [0.1, 0.15) is 54.5 Å². The van der Waals surface area contributed by atoms with Gasteiger partial charge in [-0.3, -0.25) is 9.59 Å². The van der Waals surface area contributed by atoms with Crippen LogP contribution < -0.4 is 5.56 Å². The fourth-order valence-electron chi connectivity index (χ4n) is 4.25. The molecule has 3 aromatic rings. The van der Waals surface area contributed by atoms with Crippen LogP contribution >= 0.6 is 0 Å². The van der Waals surface area contributed by atoms with Crippen LogP contribution in [0.25, 0.3) is 10.8 Å². The highest BCUT2D eigenvalue weighted by atomic mass is 16.3. The van der Waals surface area contributed by atoms with E-state index in [9.17, 15) is 14.7 Å². The van der Waals surface area contributed by atoms with Gasteiger partial charge in [0, 0.05) is 23.9 Å². The van der Waals surface area contributed by atoms with Gasteiger partial charge in [0.2, 0.25) is 0 Å². The van der Waals surface area contributed by atoms with Gasteiger partial charge >= 0.3 is 0 Å². The van der Waals surface area contributed by atoms with E-state index in [1.807, 2.05) is 25.1 Å². The molecule has 0 bridgehead atoms. The maximum Gasteiger partial charge on any atom is 0.258 e. The van der Waals surface area contributed by atoms with E-state index in [4.69, 9.17) is 0 Å². The van der Waals surface area contributed by atoms with Crippen LogP contribution in [0.3, 0.4) is 0 Å². The molecule has 4 heteroatoms. The predicted molar refractivity (Wildman–Crippen MR) is 122 cm³/mol. The number of aromatic nitrogens is 1. The molecule has 4 nitrogen and oxygen atoms in total. The number of aryl methyl sites for hydroxylation is 3. The molecule has 0 saturated heterocycles. The quantitative estimate of drug-likeness (QED) is 0.651. The molecule has 1 aromatic heterocycles. The summed E-state index contributed by atoms with van der Waals surface area (Å²) in [5, 5.41) is 11.5. The number of carbonyl (C=O) groups is 1. The lowest BCUT2D eigenvalue weighted by Gasteiger charge is -2.20. The molecule has 1 atom stereocenters. The molecular weight excluding hydrogens is 374 g/mol. The van der Waals surface area contributed by atoms with Gasteiger partial charge in [0.25, 0.3) is 5.56 Å². The van der Waals surface area contributed by atoms with Crippen molar-refractivity contribution in [1.82, 2.24) is 4.57 Å². The highest BCUT2D eigenvalue weighted by Crippen LogP contribution is 2.27. The van der Waals surface area contributed by atoms with Crippen LogP contribution in [-0.4, -0.2) is 21.1 Å². The van der Waals surface area contributed by atoms with Crippen molar-refractivity contribution in [3.05, 3.63) is 80.8 Å². The Labute approximate surface area is 178 Å². The Bertz CT molecular complexity index is 1140. The number of pyridine rings is 1. The van der Waals surface area contributed by atoms with Gasteiger partial charge in [0.15, 0.2) is 0 Å². The molecule has 0 aliphatic heterocycles. The molecule has 30 heavy (non-hydrogen) atoms. The van der Waals surface area contributed by atoms with Crippen molar-refractivity contribution in [2.45, 2.75) is 66.0 Å².